The highest BCUT2D eigenvalue weighted by Gasteiger charge is 2.48. The second-order valence-corrected chi connectivity index (χ2v) is 6.09. The van der Waals surface area contributed by atoms with E-state index < -0.39 is 0 Å². The quantitative estimate of drug-likeness (QED) is 0.786. The van der Waals surface area contributed by atoms with Crippen LogP contribution in [0, 0.1) is 5.92 Å². The number of carbonyl (C=O) groups excluding carboxylic acids is 1. The fraction of sp³-hybridized carbons (Fsp3) is 0.929. The fourth-order valence-corrected chi connectivity index (χ4v) is 2.96. The van der Waals surface area contributed by atoms with Crippen LogP contribution in [-0.2, 0) is 14.3 Å². The third kappa shape index (κ3) is 2.86. The van der Waals surface area contributed by atoms with E-state index in [0.29, 0.717) is 13.2 Å². The molecule has 4 heteroatoms. The van der Waals surface area contributed by atoms with Crippen molar-refractivity contribution in [1.82, 2.24) is 5.32 Å². The van der Waals surface area contributed by atoms with Crippen molar-refractivity contribution in [2.75, 3.05) is 13.2 Å². The molecule has 2 aliphatic rings. The number of esters is 1. The first-order chi connectivity index (χ1) is 8.46. The maximum atomic E-state index is 10.9. The van der Waals surface area contributed by atoms with Gasteiger partial charge in [-0.25, -0.2) is 0 Å². The van der Waals surface area contributed by atoms with Gasteiger partial charge in [-0.15, -0.1) is 0 Å². The summed E-state index contributed by atoms with van der Waals surface area (Å²) in [6.07, 6.45) is 5.99. The minimum Gasteiger partial charge on any atom is -0.466 e. The van der Waals surface area contributed by atoms with Gasteiger partial charge in [0.2, 0.25) is 0 Å². The van der Waals surface area contributed by atoms with Crippen LogP contribution in [0.4, 0.5) is 0 Å². The molecule has 0 aromatic carbocycles. The first-order valence-corrected chi connectivity index (χ1v) is 7.02. The van der Waals surface area contributed by atoms with Crippen molar-refractivity contribution >= 4 is 5.97 Å². The van der Waals surface area contributed by atoms with Gasteiger partial charge in [-0.2, -0.15) is 0 Å². The first kappa shape index (κ1) is 13.8. The SMILES string of the molecule is CC(=O)OCC(C)[C@@]1(C)COC2(CCCCC2)N1. The van der Waals surface area contributed by atoms with Gasteiger partial charge >= 0.3 is 5.97 Å². The topological polar surface area (TPSA) is 47.6 Å². The van der Waals surface area contributed by atoms with Gasteiger partial charge in [0.15, 0.2) is 0 Å². The van der Waals surface area contributed by atoms with Crippen molar-refractivity contribution in [2.24, 2.45) is 5.92 Å². The van der Waals surface area contributed by atoms with Crippen molar-refractivity contribution in [2.45, 2.75) is 64.1 Å². The average molecular weight is 255 g/mol. The summed E-state index contributed by atoms with van der Waals surface area (Å²) in [4.78, 5) is 10.9. The van der Waals surface area contributed by atoms with Crippen LogP contribution in [-0.4, -0.2) is 30.4 Å². The molecule has 1 unspecified atom stereocenters. The van der Waals surface area contributed by atoms with E-state index in [-0.39, 0.29) is 23.2 Å². The largest absolute Gasteiger partial charge is 0.466 e. The molecule has 1 saturated heterocycles. The molecule has 2 atom stereocenters. The summed E-state index contributed by atoms with van der Waals surface area (Å²) in [5.74, 6) is 0.0412. The summed E-state index contributed by atoms with van der Waals surface area (Å²) in [5.41, 5.74) is -0.204. The van der Waals surface area contributed by atoms with Crippen LogP contribution in [0.1, 0.15) is 52.9 Å². The molecule has 1 aliphatic heterocycles. The minimum absolute atomic E-state index is 0.0905. The Labute approximate surface area is 109 Å². The molecule has 0 amide bonds. The summed E-state index contributed by atoms with van der Waals surface area (Å²) in [6, 6.07) is 0. The summed E-state index contributed by atoms with van der Waals surface area (Å²) >= 11 is 0. The van der Waals surface area contributed by atoms with Crippen molar-refractivity contribution in [3.63, 3.8) is 0 Å². The highest BCUT2D eigenvalue weighted by Crippen LogP contribution is 2.38. The van der Waals surface area contributed by atoms with Crippen LogP contribution in [0.5, 0.6) is 0 Å². The molecule has 104 valence electrons. The maximum absolute atomic E-state index is 10.9. The number of hydrogen-bond donors (Lipinski definition) is 1. The minimum atomic E-state index is -0.211. The van der Waals surface area contributed by atoms with Gasteiger partial charge < -0.3 is 9.47 Å². The standard InChI is InChI=1S/C14H25NO3/c1-11(9-17-12(2)16)13(3)10-18-14(15-13)7-5-4-6-8-14/h11,15H,4-10H2,1-3H3/t11?,13-/m1/s1. The highest BCUT2D eigenvalue weighted by atomic mass is 16.5. The lowest BCUT2D eigenvalue weighted by Crippen LogP contribution is -2.54. The zero-order valence-corrected chi connectivity index (χ0v) is 11.8. The summed E-state index contributed by atoms with van der Waals surface area (Å²) in [7, 11) is 0. The molecule has 1 heterocycles. The molecular formula is C14H25NO3. The van der Waals surface area contributed by atoms with E-state index in [9.17, 15) is 4.79 Å². The summed E-state index contributed by atoms with van der Waals surface area (Å²) in [5, 5.41) is 3.69. The lowest BCUT2D eigenvalue weighted by atomic mass is 9.86. The van der Waals surface area contributed by atoms with Crippen LogP contribution in [0.3, 0.4) is 0 Å². The number of rotatable bonds is 3. The summed E-state index contributed by atoms with van der Waals surface area (Å²) in [6.45, 7) is 6.90. The van der Waals surface area contributed by atoms with Gasteiger partial charge in [0, 0.05) is 18.4 Å². The van der Waals surface area contributed by atoms with Gasteiger partial charge in [-0.1, -0.05) is 13.3 Å². The molecule has 0 aromatic heterocycles. The molecule has 0 aromatic rings. The van der Waals surface area contributed by atoms with Gasteiger partial charge in [0.25, 0.3) is 0 Å². The fourth-order valence-electron chi connectivity index (χ4n) is 2.96. The van der Waals surface area contributed by atoms with Crippen LogP contribution < -0.4 is 5.32 Å². The van der Waals surface area contributed by atoms with Crippen LogP contribution in [0.2, 0.25) is 0 Å². The van der Waals surface area contributed by atoms with E-state index in [1.165, 1.54) is 26.2 Å². The second kappa shape index (κ2) is 5.17. The van der Waals surface area contributed by atoms with E-state index in [4.69, 9.17) is 9.47 Å². The van der Waals surface area contributed by atoms with Crippen molar-refractivity contribution in [3.05, 3.63) is 0 Å². The van der Waals surface area contributed by atoms with E-state index in [1.54, 1.807) is 0 Å². The second-order valence-electron chi connectivity index (χ2n) is 6.09. The van der Waals surface area contributed by atoms with Crippen molar-refractivity contribution in [3.8, 4) is 0 Å². The Morgan fingerprint density at radius 2 is 2.06 bits per heavy atom. The number of ether oxygens (including phenoxy) is 2. The molecule has 0 bridgehead atoms. The maximum Gasteiger partial charge on any atom is 0.302 e. The molecule has 1 aliphatic carbocycles. The molecule has 4 nitrogen and oxygen atoms in total. The number of hydrogen-bond acceptors (Lipinski definition) is 4. The molecular weight excluding hydrogens is 230 g/mol. The lowest BCUT2D eigenvalue weighted by molar-refractivity contribution is -0.142. The predicted molar refractivity (Wildman–Crippen MR) is 69.1 cm³/mol. The molecule has 18 heavy (non-hydrogen) atoms. The molecule has 2 fully saturated rings. The molecule has 2 rings (SSSR count). The Morgan fingerprint density at radius 1 is 1.39 bits per heavy atom. The zero-order valence-electron chi connectivity index (χ0n) is 11.8. The monoisotopic (exact) mass is 255 g/mol. The first-order valence-electron chi connectivity index (χ1n) is 7.02. The van der Waals surface area contributed by atoms with E-state index in [0.717, 1.165) is 12.8 Å². The Kier molecular flexibility index (Phi) is 3.97. The third-order valence-electron chi connectivity index (χ3n) is 4.45. The molecule has 1 N–H and O–H groups in total. The smallest absolute Gasteiger partial charge is 0.302 e. The van der Waals surface area contributed by atoms with Crippen molar-refractivity contribution in [1.29, 1.82) is 0 Å². The van der Waals surface area contributed by atoms with Crippen LogP contribution in [0.25, 0.3) is 0 Å². The Bertz CT molecular complexity index is 312. The predicted octanol–water partition coefficient (Wildman–Crippen LogP) is 2.22. The average Bonchev–Trinajstić information content (AvgIpc) is 2.66. The lowest BCUT2D eigenvalue weighted by Gasteiger charge is -2.37. The Hall–Kier alpha value is -0.610. The Balaban J connectivity index is 1.94. The van der Waals surface area contributed by atoms with E-state index in [1.807, 2.05) is 0 Å². The number of carbonyl (C=O) groups is 1. The van der Waals surface area contributed by atoms with E-state index >= 15 is 0 Å². The van der Waals surface area contributed by atoms with Gasteiger partial charge in [-0.05, 0) is 32.6 Å². The van der Waals surface area contributed by atoms with Crippen LogP contribution in [0.15, 0.2) is 0 Å². The number of nitrogens with one attached hydrogen (secondary N) is 1. The molecule has 1 spiro atoms. The van der Waals surface area contributed by atoms with Gasteiger partial charge in [0.1, 0.15) is 5.72 Å². The van der Waals surface area contributed by atoms with Gasteiger partial charge in [-0.3, -0.25) is 10.1 Å². The zero-order chi connectivity index (χ0) is 13.2. The summed E-state index contributed by atoms with van der Waals surface area (Å²) < 4.78 is 11.2. The third-order valence-corrected chi connectivity index (χ3v) is 4.45. The van der Waals surface area contributed by atoms with E-state index in [2.05, 4.69) is 19.2 Å². The highest BCUT2D eigenvalue weighted by molar-refractivity contribution is 5.65. The molecule has 1 saturated carbocycles. The van der Waals surface area contributed by atoms with Crippen LogP contribution >= 0.6 is 0 Å². The van der Waals surface area contributed by atoms with Crippen molar-refractivity contribution < 1.29 is 14.3 Å². The molecule has 0 radical (unpaired) electrons. The Morgan fingerprint density at radius 3 is 2.67 bits per heavy atom. The normalized spacial score (nSPS) is 32.4. The van der Waals surface area contributed by atoms with Gasteiger partial charge in [0.05, 0.1) is 13.2 Å².